The Morgan fingerprint density at radius 1 is 1.15 bits per heavy atom. The first-order valence-electron chi connectivity index (χ1n) is 8.87. The summed E-state index contributed by atoms with van der Waals surface area (Å²) >= 11 is 0. The third-order valence-electron chi connectivity index (χ3n) is 4.71. The number of carbonyl (C=O) groups is 1. The molecule has 1 aromatic carbocycles. The molecule has 7 heteroatoms. The molecule has 7 nitrogen and oxygen atoms in total. The number of pyridine rings is 1. The van der Waals surface area contributed by atoms with E-state index >= 15 is 0 Å². The maximum Gasteiger partial charge on any atom is 0.287 e. The highest BCUT2D eigenvalue weighted by Gasteiger charge is 2.30. The number of aromatic nitrogens is 1. The molecule has 0 radical (unpaired) electrons. The van der Waals surface area contributed by atoms with Gasteiger partial charge in [-0.2, -0.15) is 0 Å². The zero-order valence-electron chi connectivity index (χ0n) is 14.3. The van der Waals surface area contributed by atoms with Crippen LogP contribution in [0.5, 0.6) is 0 Å². The van der Waals surface area contributed by atoms with Crippen molar-refractivity contribution < 1.29 is 9.72 Å². The third kappa shape index (κ3) is 3.82. The molecule has 0 atom stereocenters. The summed E-state index contributed by atoms with van der Waals surface area (Å²) in [6.45, 7) is 0.667. The average Bonchev–Trinajstić information content (AvgIpc) is 3.54. The molecule has 2 saturated carbocycles. The van der Waals surface area contributed by atoms with Gasteiger partial charge in [-0.05, 0) is 49.4 Å². The van der Waals surface area contributed by atoms with Gasteiger partial charge in [0, 0.05) is 30.3 Å². The number of nitro groups is 1. The number of rotatable bonds is 7. The summed E-state index contributed by atoms with van der Waals surface area (Å²) < 4.78 is 0. The predicted molar refractivity (Wildman–Crippen MR) is 97.0 cm³/mol. The SMILES string of the molecule is O=C(NC1CC1)c1ccc(CN(c2ccc([N+](=O)[O-])cn2)C2CC2)cc1. The summed E-state index contributed by atoms with van der Waals surface area (Å²) in [6, 6.07) is 11.6. The van der Waals surface area contributed by atoms with Crippen LogP contribution in [0.1, 0.15) is 41.6 Å². The maximum absolute atomic E-state index is 12.1. The highest BCUT2D eigenvalue weighted by Crippen LogP contribution is 2.32. The van der Waals surface area contributed by atoms with Gasteiger partial charge in [-0.1, -0.05) is 12.1 Å². The van der Waals surface area contributed by atoms with Crippen molar-refractivity contribution in [3.63, 3.8) is 0 Å². The van der Waals surface area contributed by atoms with Crippen LogP contribution in [-0.4, -0.2) is 27.9 Å². The van der Waals surface area contributed by atoms with Gasteiger partial charge in [0.1, 0.15) is 12.0 Å². The molecule has 2 fully saturated rings. The number of anilines is 1. The molecule has 0 unspecified atom stereocenters. The normalized spacial score (nSPS) is 16.2. The van der Waals surface area contributed by atoms with E-state index < -0.39 is 4.92 Å². The van der Waals surface area contributed by atoms with Gasteiger partial charge in [0.25, 0.3) is 11.6 Å². The summed E-state index contributed by atoms with van der Waals surface area (Å²) in [6.07, 6.45) is 5.64. The van der Waals surface area contributed by atoms with Gasteiger partial charge >= 0.3 is 0 Å². The second kappa shape index (κ2) is 6.74. The fourth-order valence-electron chi connectivity index (χ4n) is 2.89. The van der Waals surface area contributed by atoms with Crippen LogP contribution in [0.4, 0.5) is 11.5 Å². The maximum atomic E-state index is 12.1. The van der Waals surface area contributed by atoms with Crippen molar-refractivity contribution in [3.05, 3.63) is 63.8 Å². The van der Waals surface area contributed by atoms with Crippen LogP contribution >= 0.6 is 0 Å². The Bertz CT molecular complexity index is 812. The molecule has 0 aliphatic heterocycles. The van der Waals surface area contributed by atoms with Gasteiger partial charge in [-0.25, -0.2) is 4.98 Å². The average molecular weight is 352 g/mol. The molecule has 1 heterocycles. The van der Waals surface area contributed by atoms with E-state index in [1.54, 1.807) is 6.07 Å². The Labute approximate surface area is 151 Å². The van der Waals surface area contributed by atoms with Crippen LogP contribution in [0.15, 0.2) is 42.6 Å². The molecule has 0 bridgehead atoms. The van der Waals surface area contributed by atoms with Gasteiger partial charge in [0.05, 0.1) is 4.92 Å². The molecule has 1 amide bonds. The molecule has 2 aliphatic rings. The molecular formula is C19H20N4O3. The van der Waals surface area contributed by atoms with E-state index in [0.717, 1.165) is 37.1 Å². The standard InChI is InChI=1S/C19H20N4O3/c24-19(21-15-5-6-15)14-3-1-13(2-4-14)12-22(16-7-8-16)18-10-9-17(11-20-18)23(25)26/h1-4,9-11,15-16H,5-8,12H2,(H,21,24). The number of amides is 1. The first-order valence-corrected chi connectivity index (χ1v) is 8.87. The van der Waals surface area contributed by atoms with E-state index in [0.29, 0.717) is 24.2 Å². The quantitative estimate of drug-likeness (QED) is 0.611. The Balaban J connectivity index is 1.46. The van der Waals surface area contributed by atoms with E-state index in [9.17, 15) is 14.9 Å². The van der Waals surface area contributed by atoms with Crippen molar-refractivity contribution in [1.82, 2.24) is 10.3 Å². The van der Waals surface area contributed by atoms with Crippen LogP contribution in [0.25, 0.3) is 0 Å². The Kier molecular flexibility index (Phi) is 4.28. The molecule has 1 N–H and O–H groups in total. The number of nitrogens with zero attached hydrogens (tertiary/aromatic N) is 3. The zero-order valence-corrected chi connectivity index (χ0v) is 14.3. The van der Waals surface area contributed by atoms with E-state index in [1.807, 2.05) is 24.3 Å². The van der Waals surface area contributed by atoms with Crippen LogP contribution in [-0.2, 0) is 6.54 Å². The topological polar surface area (TPSA) is 88.4 Å². The lowest BCUT2D eigenvalue weighted by Gasteiger charge is -2.23. The van der Waals surface area contributed by atoms with Gasteiger partial charge in [0.2, 0.25) is 0 Å². The van der Waals surface area contributed by atoms with Gasteiger partial charge in [0.15, 0.2) is 0 Å². The molecule has 134 valence electrons. The predicted octanol–water partition coefficient (Wildman–Crippen LogP) is 3.05. The van der Waals surface area contributed by atoms with E-state index in [4.69, 9.17) is 0 Å². The van der Waals surface area contributed by atoms with Crippen LogP contribution < -0.4 is 10.2 Å². The van der Waals surface area contributed by atoms with Crippen LogP contribution in [0, 0.1) is 10.1 Å². The lowest BCUT2D eigenvalue weighted by atomic mass is 10.1. The number of hydrogen-bond donors (Lipinski definition) is 1. The number of carbonyl (C=O) groups excluding carboxylic acids is 1. The number of hydrogen-bond acceptors (Lipinski definition) is 5. The summed E-state index contributed by atoms with van der Waals surface area (Å²) in [5, 5.41) is 13.8. The molecule has 2 aromatic rings. The van der Waals surface area contributed by atoms with E-state index in [1.165, 1.54) is 12.3 Å². The summed E-state index contributed by atoms with van der Waals surface area (Å²) in [4.78, 5) is 28.9. The second-order valence-electron chi connectivity index (χ2n) is 6.94. The fraction of sp³-hybridized carbons (Fsp3) is 0.368. The minimum absolute atomic E-state index is 0.00414. The van der Waals surface area contributed by atoms with Gasteiger partial charge in [-0.15, -0.1) is 0 Å². The van der Waals surface area contributed by atoms with Crippen LogP contribution in [0.2, 0.25) is 0 Å². The number of nitrogens with one attached hydrogen (secondary N) is 1. The van der Waals surface area contributed by atoms with E-state index in [2.05, 4.69) is 15.2 Å². The summed E-state index contributed by atoms with van der Waals surface area (Å²) in [7, 11) is 0. The zero-order chi connectivity index (χ0) is 18.1. The second-order valence-corrected chi connectivity index (χ2v) is 6.94. The van der Waals surface area contributed by atoms with Crippen molar-refractivity contribution in [1.29, 1.82) is 0 Å². The van der Waals surface area contributed by atoms with Crippen LogP contribution in [0.3, 0.4) is 0 Å². The minimum Gasteiger partial charge on any atom is -0.349 e. The van der Waals surface area contributed by atoms with Gasteiger partial charge < -0.3 is 10.2 Å². The monoisotopic (exact) mass is 352 g/mol. The minimum atomic E-state index is -0.441. The van der Waals surface area contributed by atoms with Crippen molar-refractivity contribution in [2.24, 2.45) is 0 Å². The Morgan fingerprint density at radius 3 is 2.42 bits per heavy atom. The van der Waals surface area contributed by atoms with Crippen molar-refractivity contribution in [2.75, 3.05) is 4.90 Å². The molecular weight excluding hydrogens is 332 g/mol. The molecule has 2 aliphatic carbocycles. The fourth-order valence-corrected chi connectivity index (χ4v) is 2.89. The molecule has 4 rings (SSSR count). The first-order chi connectivity index (χ1) is 12.6. The van der Waals surface area contributed by atoms with Crippen molar-refractivity contribution >= 4 is 17.4 Å². The summed E-state index contributed by atoms with van der Waals surface area (Å²) in [5.41, 5.74) is 1.75. The summed E-state index contributed by atoms with van der Waals surface area (Å²) in [5.74, 6) is 0.726. The molecule has 26 heavy (non-hydrogen) atoms. The smallest absolute Gasteiger partial charge is 0.287 e. The molecule has 0 saturated heterocycles. The highest BCUT2D eigenvalue weighted by atomic mass is 16.6. The Hall–Kier alpha value is -2.96. The van der Waals surface area contributed by atoms with Crippen molar-refractivity contribution in [3.8, 4) is 0 Å². The number of benzene rings is 1. The van der Waals surface area contributed by atoms with E-state index in [-0.39, 0.29) is 11.6 Å². The Morgan fingerprint density at radius 2 is 1.88 bits per heavy atom. The first kappa shape index (κ1) is 16.5. The van der Waals surface area contributed by atoms with Crippen molar-refractivity contribution in [2.45, 2.75) is 44.3 Å². The lowest BCUT2D eigenvalue weighted by molar-refractivity contribution is -0.385. The van der Waals surface area contributed by atoms with Gasteiger partial charge in [-0.3, -0.25) is 14.9 Å². The lowest BCUT2D eigenvalue weighted by Crippen LogP contribution is -2.26. The third-order valence-corrected chi connectivity index (χ3v) is 4.71. The molecule has 1 aromatic heterocycles. The molecule has 0 spiro atoms. The largest absolute Gasteiger partial charge is 0.349 e. The highest BCUT2D eigenvalue weighted by molar-refractivity contribution is 5.94.